The molecule has 0 bridgehead atoms. The fraction of sp³-hybridized carbons (Fsp3) is 0.838. The zero-order valence-corrected chi connectivity index (χ0v) is 30.4. The van der Waals surface area contributed by atoms with E-state index in [1.807, 2.05) is 0 Å². The fourth-order valence-electron chi connectivity index (χ4n) is 11.1. The van der Waals surface area contributed by atoms with Gasteiger partial charge in [0, 0.05) is 0 Å². The summed E-state index contributed by atoms with van der Waals surface area (Å²) < 4.78 is 0.588. The van der Waals surface area contributed by atoms with Crippen LogP contribution < -0.4 is 24.8 Å². The van der Waals surface area contributed by atoms with Gasteiger partial charge in [0.15, 0.2) is 0 Å². The second-order valence-electron chi connectivity index (χ2n) is 15.1. The van der Waals surface area contributed by atoms with Crippen molar-refractivity contribution >= 4 is 0 Å². The van der Waals surface area contributed by atoms with Crippen molar-refractivity contribution in [2.75, 3.05) is 26.2 Å². The van der Waals surface area contributed by atoms with Crippen LogP contribution in [-0.2, 0) is 17.1 Å². The van der Waals surface area contributed by atoms with Gasteiger partial charge in [0.25, 0.3) is 0 Å². The average Bonchev–Trinajstić information content (AvgIpc) is 3.65. The van der Waals surface area contributed by atoms with Crippen molar-refractivity contribution in [1.82, 2.24) is 19.6 Å². The average molecular weight is 731 g/mol. The standard InChI is InChI=1S/C37H58N4.2ClH.Ru/c1-6-16-30(17-7-1)35(36-38(31-18-8-2-9-19-31)26-27-39(36)32-20-10-3-11-21-32)37-40(33-22-12-4-13-23-33)28-29-41(37)34-24-14-5-15-25-34;;;/h1,6-7,16-17,31-35H,2-5,8-15,18-29H2;2*1H;/q;;;+2/p-2. The molecule has 4 saturated carbocycles. The Morgan fingerprint density at radius 3 is 1.02 bits per heavy atom. The molecule has 248 valence electrons. The van der Waals surface area contributed by atoms with E-state index < -0.39 is 0 Å². The SMILES string of the molecule is [Cl-].[Cl-].c1ccc(C2[C]3([Ru+2][C]24N(C2CCCCC2)CCN4C2CCCCC2)N(C2CCCCC2)CCN3C2CCCCC2)cc1. The van der Waals surface area contributed by atoms with E-state index in [1.54, 1.807) is 5.56 Å². The molecular formula is C37H58Cl2N4Ru. The van der Waals surface area contributed by atoms with Crippen molar-refractivity contribution in [2.24, 2.45) is 0 Å². The van der Waals surface area contributed by atoms with Crippen LogP contribution in [0.5, 0.6) is 0 Å². The third kappa shape index (κ3) is 5.71. The summed E-state index contributed by atoms with van der Waals surface area (Å²) >= 11 is 0.151. The van der Waals surface area contributed by atoms with E-state index in [4.69, 9.17) is 0 Å². The van der Waals surface area contributed by atoms with Gasteiger partial charge in [-0.25, -0.2) is 0 Å². The Labute approximate surface area is 289 Å². The van der Waals surface area contributed by atoms with Crippen molar-refractivity contribution in [1.29, 1.82) is 0 Å². The maximum absolute atomic E-state index is 3.23. The van der Waals surface area contributed by atoms with Crippen molar-refractivity contribution in [3.8, 4) is 0 Å². The van der Waals surface area contributed by atoms with Crippen LogP contribution in [0.1, 0.15) is 140 Å². The molecule has 0 atom stereocenters. The zero-order valence-electron chi connectivity index (χ0n) is 27.1. The molecular weight excluding hydrogens is 672 g/mol. The molecule has 44 heavy (non-hydrogen) atoms. The predicted molar refractivity (Wildman–Crippen MR) is 169 cm³/mol. The molecule has 1 aromatic rings. The van der Waals surface area contributed by atoms with Gasteiger partial charge in [-0.05, 0) is 0 Å². The van der Waals surface area contributed by atoms with Crippen molar-refractivity contribution in [3.63, 3.8) is 0 Å². The Morgan fingerprint density at radius 2 is 0.727 bits per heavy atom. The Balaban J connectivity index is 0.00000171. The monoisotopic (exact) mass is 730 g/mol. The fourth-order valence-corrected chi connectivity index (χ4v) is 16.5. The van der Waals surface area contributed by atoms with Gasteiger partial charge in [-0.15, -0.1) is 0 Å². The van der Waals surface area contributed by atoms with Gasteiger partial charge in [-0.2, -0.15) is 0 Å². The maximum atomic E-state index is 3.23. The van der Waals surface area contributed by atoms with Gasteiger partial charge in [0.1, 0.15) is 0 Å². The van der Waals surface area contributed by atoms with Crippen molar-refractivity contribution in [3.05, 3.63) is 35.9 Å². The molecule has 0 radical (unpaired) electrons. The summed E-state index contributed by atoms with van der Waals surface area (Å²) in [5.41, 5.74) is 1.69. The van der Waals surface area contributed by atoms with Crippen LogP contribution in [0.25, 0.3) is 0 Å². The molecule has 3 aliphatic heterocycles. The molecule has 3 heterocycles. The Morgan fingerprint density at radius 1 is 0.432 bits per heavy atom. The van der Waals surface area contributed by atoms with E-state index in [9.17, 15) is 0 Å². The normalized spacial score (nSPS) is 30.4. The van der Waals surface area contributed by atoms with E-state index >= 15 is 0 Å². The predicted octanol–water partition coefficient (Wildman–Crippen LogP) is 1.75. The minimum atomic E-state index is 0. The molecule has 3 saturated heterocycles. The Hall–Kier alpha value is 0.263. The first-order chi connectivity index (χ1) is 20.8. The summed E-state index contributed by atoms with van der Waals surface area (Å²) in [5, 5.41) is 0. The van der Waals surface area contributed by atoms with Crippen molar-refractivity contribution in [2.45, 2.75) is 167 Å². The van der Waals surface area contributed by atoms with Crippen LogP contribution in [0.2, 0.25) is 0 Å². The molecule has 0 amide bonds. The molecule has 8 rings (SSSR count). The molecule has 7 aliphatic rings. The van der Waals surface area contributed by atoms with E-state index in [2.05, 4.69) is 49.9 Å². The summed E-state index contributed by atoms with van der Waals surface area (Å²) in [5.74, 6) is 0.613. The van der Waals surface area contributed by atoms with Crippen molar-refractivity contribution < 1.29 is 41.9 Å². The quantitative estimate of drug-likeness (QED) is 0.429. The Kier molecular flexibility index (Phi) is 11.5. The molecule has 7 heteroatoms. The van der Waals surface area contributed by atoms with Gasteiger partial charge < -0.3 is 24.8 Å². The second kappa shape index (κ2) is 14.8. The van der Waals surface area contributed by atoms with Crippen LogP contribution in [0.4, 0.5) is 0 Å². The van der Waals surface area contributed by atoms with Gasteiger partial charge in [0.2, 0.25) is 0 Å². The van der Waals surface area contributed by atoms with Crippen LogP contribution >= 0.6 is 0 Å². The van der Waals surface area contributed by atoms with Gasteiger partial charge in [0.05, 0.1) is 0 Å². The van der Waals surface area contributed by atoms with Gasteiger partial charge in [-0.1, -0.05) is 0 Å². The van der Waals surface area contributed by atoms with Crippen LogP contribution in [0.15, 0.2) is 30.3 Å². The van der Waals surface area contributed by atoms with Gasteiger partial charge >= 0.3 is 266 Å². The number of hydrogen-bond acceptors (Lipinski definition) is 4. The third-order valence-electron chi connectivity index (χ3n) is 12.9. The molecule has 2 spiro atoms. The first-order valence-corrected chi connectivity index (χ1v) is 20.3. The topological polar surface area (TPSA) is 13.0 Å². The second-order valence-corrected chi connectivity index (χ2v) is 18.1. The zero-order chi connectivity index (χ0) is 28.0. The van der Waals surface area contributed by atoms with Crippen LogP contribution in [-0.4, -0.2) is 78.5 Å². The minimum absolute atomic E-state index is 0. The molecule has 0 N–H and O–H groups in total. The van der Waals surface area contributed by atoms with E-state index in [-0.39, 0.29) is 41.9 Å². The molecule has 0 unspecified atom stereocenters. The Bertz CT molecular complexity index is 921. The first kappa shape index (κ1) is 34.1. The first-order valence-electron chi connectivity index (χ1n) is 18.6. The molecule has 1 aromatic carbocycles. The number of nitrogens with zero attached hydrogens (tertiary/aromatic N) is 4. The molecule has 7 fully saturated rings. The number of benzene rings is 1. The number of hydrogen-bond donors (Lipinski definition) is 0. The van der Waals surface area contributed by atoms with E-state index in [0.717, 1.165) is 24.2 Å². The molecule has 4 nitrogen and oxygen atoms in total. The summed E-state index contributed by atoms with van der Waals surface area (Å²) in [4.78, 5) is 12.9. The van der Waals surface area contributed by atoms with E-state index in [0.29, 0.717) is 14.4 Å². The summed E-state index contributed by atoms with van der Waals surface area (Å²) in [6.45, 7) is 5.34. The molecule has 4 aliphatic carbocycles. The summed E-state index contributed by atoms with van der Waals surface area (Å²) in [7, 11) is 0. The number of rotatable bonds is 5. The summed E-state index contributed by atoms with van der Waals surface area (Å²) in [6, 6.07) is 15.5. The van der Waals surface area contributed by atoms with Gasteiger partial charge in [-0.3, -0.25) is 0 Å². The molecule has 0 aromatic heterocycles. The third-order valence-corrected chi connectivity index (χ3v) is 17.2. The van der Waals surface area contributed by atoms with E-state index in [1.165, 1.54) is 155 Å². The van der Waals surface area contributed by atoms with Crippen LogP contribution in [0.3, 0.4) is 0 Å². The summed E-state index contributed by atoms with van der Waals surface area (Å²) in [6.07, 6.45) is 29.2. The van der Waals surface area contributed by atoms with Crippen LogP contribution in [0, 0.1) is 0 Å². The number of halogens is 2.